The van der Waals surface area contributed by atoms with Crippen LogP contribution in [-0.2, 0) is 4.79 Å². The Bertz CT molecular complexity index is 1320. The number of carbonyl (C=O) groups excluding carboxylic acids is 2. The number of anilines is 1. The molecule has 0 aliphatic carbocycles. The first-order valence-electron chi connectivity index (χ1n) is 10.2. The van der Waals surface area contributed by atoms with E-state index in [0.717, 1.165) is 11.3 Å². The number of thioether (sulfide) groups is 1. The molecule has 3 aromatic carbocycles. The van der Waals surface area contributed by atoms with Gasteiger partial charge in [-0.2, -0.15) is 0 Å². The van der Waals surface area contributed by atoms with Crippen molar-refractivity contribution in [3.63, 3.8) is 0 Å². The molecule has 1 N–H and O–H groups in total. The highest BCUT2D eigenvalue weighted by molar-refractivity contribution is 7.99. The smallest absolute Gasteiger partial charge is 0.234 e. The van der Waals surface area contributed by atoms with Gasteiger partial charge < -0.3 is 5.32 Å². The minimum atomic E-state index is -0.409. The van der Waals surface area contributed by atoms with E-state index in [-0.39, 0.29) is 17.4 Å². The van der Waals surface area contributed by atoms with Crippen LogP contribution in [0.1, 0.15) is 22.8 Å². The van der Waals surface area contributed by atoms with Crippen LogP contribution in [0.3, 0.4) is 0 Å². The zero-order chi connectivity index (χ0) is 23.4. The summed E-state index contributed by atoms with van der Waals surface area (Å²) in [6.07, 6.45) is 0. The number of carbonyl (C=O) groups is 2. The molecule has 0 saturated carbocycles. The van der Waals surface area contributed by atoms with Crippen LogP contribution in [0.15, 0.2) is 78.0 Å². The summed E-state index contributed by atoms with van der Waals surface area (Å²) in [4.78, 5) is 24.4. The molecule has 4 aromatic rings. The summed E-state index contributed by atoms with van der Waals surface area (Å²) in [6.45, 7) is 3.43. The highest BCUT2D eigenvalue weighted by Crippen LogP contribution is 2.29. The van der Waals surface area contributed by atoms with Crippen LogP contribution in [0.5, 0.6) is 0 Å². The van der Waals surface area contributed by atoms with Crippen molar-refractivity contribution >= 4 is 29.1 Å². The zero-order valence-electron chi connectivity index (χ0n) is 18.1. The lowest BCUT2D eigenvalue weighted by Gasteiger charge is -2.12. The molecule has 1 heterocycles. The van der Waals surface area contributed by atoms with E-state index in [9.17, 15) is 14.0 Å². The molecule has 0 saturated heterocycles. The predicted molar refractivity (Wildman–Crippen MR) is 127 cm³/mol. The first-order chi connectivity index (χ1) is 15.9. The normalized spacial score (nSPS) is 10.8. The van der Waals surface area contributed by atoms with E-state index in [0.29, 0.717) is 27.8 Å². The van der Waals surface area contributed by atoms with Crippen molar-refractivity contribution in [2.24, 2.45) is 0 Å². The largest absolute Gasteiger partial charge is 0.325 e. The number of nitrogens with zero attached hydrogens (tertiary/aromatic N) is 3. The fourth-order valence-electron chi connectivity index (χ4n) is 3.32. The molecular weight excluding hydrogens is 439 g/mol. The number of aryl methyl sites for hydroxylation is 1. The second kappa shape index (κ2) is 9.79. The van der Waals surface area contributed by atoms with Gasteiger partial charge in [0.2, 0.25) is 5.91 Å². The number of hydrogen-bond donors (Lipinski definition) is 1. The van der Waals surface area contributed by atoms with E-state index >= 15 is 0 Å². The summed E-state index contributed by atoms with van der Waals surface area (Å²) in [5, 5.41) is 11.7. The molecule has 0 fully saturated rings. The number of para-hydroxylation sites is 1. The first-order valence-corrected chi connectivity index (χ1v) is 11.2. The van der Waals surface area contributed by atoms with Gasteiger partial charge in [-0.1, -0.05) is 53.7 Å². The Balaban J connectivity index is 1.62. The summed E-state index contributed by atoms with van der Waals surface area (Å²) in [7, 11) is 0. The van der Waals surface area contributed by atoms with Gasteiger partial charge in [-0.15, -0.1) is 10.2 Å². The molecule has 6 nitrogen and oxygen atoms in total. The Hall–Kier alpha value is -3.78. The summed E-state index contributed by atoms with van der Waals surface area (Å²) in [5.74, 6) is -0.449. The molecule has 33 heavy (non-hydrogen) atoms. The molecule has 0 bridgehead atoms. The van der Waals surface area contributed by atoms with Crippen LogP contribution in [0.25, 0.3) is 17.1 Å². The van der Waals surface area contributed by atoms with Gasteiger partial charge in [0.05, 0.1) is 17.0 Å². The van der Waals surface area contributed by atoms with Crippen LogP contribution < -0.4 is 5.32 Å². The molecule has 8 heteroatoms. The quantitative estimate of drug-likeness (QED) is 0.299. The van der Waals surface area contributed by atoms with Gasteiger partial charge in [-0.05, 0) is 50.2 Å². The van der Waals surface area contributed by atoms with Crippen LogP contribution >= 0.6 is 11.8 Å². The summed E-state index contributed by atoms with van der Waals surface area (Å²) >= 11 is 1.18. The maximum atomic E-state index is 14.5. The number of aromatic nitrogens is 3. The van der Waals surface area contributed by atoms with E-state index in [4.69, 9.17) is 0 Å². The number of ketones is 1. The lowest BCUT2D eigenvalue weighted by atomic mass is 10.1. The average Bonchev–Trinajstić information content (AvgIpc) is 3.22. The molecule has 0 aliphatic heterocycles. The van der Waals surface area contributed by atoms with Gasteiger partial charge in [0.15, 0.2) is 16.8 Å². The molecule has 0 unspecified atom stereocenters. The average molecular weight is 461 g/mol. The number of nitrogens with one attached hydrogen (secondary N) is 1. The molecule has 1 aromatic heterocycles. The maximum absolute atomic E-state index is 14.5. The van der Waals surface area contributed by atoms with Crippen molar-refractivity contribution in [1.82, 2.24) is 14.8 Å². The third kappa shape index (κ3) is 5.01. The van der Waals surface area contributed by atoms with Gasteiger partial charge in [-0.25, -0.2) is 4.39 Å². The fraction of sp³-hybridized carbons (Fsp3) is 0.120. The molecule has 166 valence electrons. The standard InChI is InChI=1S/C25H21FN4O2S/c1-16-11-13-18(14-12-16)30-24(20-8-3-5-9-21(20)26)28-29-25(30)33-15-23(32)27-22-10-6-4-7-19(22)17(2)31/h3-14H,15H2,1-2H3,(H,27,32). The van der Waals surface area contributed by atoms with Gasteiger partial charge in [0.1, 0.15) is 5.82 Å². The van der Waals surface area contributed by atoms with Crippen LogP contribution in [0.2, 0.25) is 0 Å². The Morgan fingerprint density at radius 1 is 0.970 bits per heavy atom. The number of benzene rings is 3. The molecular formula is C25H21FN4O2S. The SMILES string of the molecule is CC(=O)c1ccccc1NC(=O)CSc1nnc(-c2ccccc2F)n1-c1ccc(C)cc1. The minimum Gasteiger partial charge on any atom is -0.325 e. The van der Waals surface area contributed by atoms with Gasteiger partial charge in [-0.3, -0.25) is 14.2 Å². The Kier molecular flexibility index (Phi) is 6.65. The van der Waals surface area contributed by atoms with Crippen molar-refractivity contribution in [2.45, 2.75) is 19.0 Å². The fourth-order valence-corrected chi connectivity index (χ4v) is 4.07. The highest BCUT2D eigenvalue weighted by Gasteiger charge is 2.20. The van der Waals surface area contributed by atoms with E-state index in [1.54, 1.807) is 47.0 Å². The summed E-state index contributed by atoms with van der Waals surface area (Å²) in [6, 6.07) is 20.9. The first kappa shape index (κ1) is 22.4. The van der Waals surface area contributed by atoms with Crippen LogP contribution in [-0.4, -0.2) is 32.2 Å². The number of rotatable bonds is 7. The lowest BCUT2D eigenvalue weighted by Crippen LogP contribution is -2.16. The molecule has 4 rings (SSSR count). The van der Waals surface area contributed by atoms with Crippen molar-refractivity contribution in [3.05, 3.63) is 89.7 Å². The molecule has 0 atom stereocenters. The minimum absolute atomic E-state index is 0.0352. The molecule has 0 radical (unpaired) electrons. The van der Waals surface area contributed by atoms with Crippen molar-refractivity contribution in [1.29, 1.82) is 0 Å². The Morgan fingerprint density at radius 3 is 2.39 bits per heavy atom. The predicted octanol–water partition coefficient (Wildman–Crippen LogP) is 5.32. The van der Waals surface area contributed by atoms with Crippen molar-refractivity contribution < 1.29 is 14.0 Å². The van der Waals surface area contributed by atoms with Gasteiger partial charge in [0, 0.05) is 11.3 Å². The second-order valence-corrected chi connectivity index (χ2v) is 8.34. The monoisotopic (exact) mass is 460 g/mol. The molecule has 0 aliphatic rings. The third-order valence-corrected chi connectivity index (χ3v) is 5.88. The van der Waals surface area contributed by atoms with Crippen LogP contribution in [0, 0.1) is 12.7 Å². The number of Topliss-reactive ketones (excluding diaryl/α,β-unsaturated/α-hetero) is 1. The Labute approximate surface area is 194 Å². The molecule has 1 amide bonds. The zero-order valence-corrected chi connectivity index (χ0v) is 18.9. The summed E-state index contributed by atoms with van der Waals surface area (Å²) < 4.78 is 16.3. The van der Waals surface area contributed by atoms with E-state index in [2.05, 4.69) is 15.5 Å². The topological polar surface area (TPSA) is 76.9 Å². The number of halogens is 1. The van der Waals surface area contributed by atoms with E-state index in [1.165, 1.54) is 24.8 Å². The van der Waals surface area contributed by atoms with Crippen LogP contribution in [0.4, 0.5) is 10.1 Å². The third-order valence-electron chi connectivity index (χ3n) is 4.95. The molecule has 0 spiro atoms. The number of hydrogen-bond acceptors (Lipinski definition) is 5. The van der Waals surface area contributed by atoms with Gasteiger partial charge >= 0.3 is 0 Å². The maximum Gasteiger partial charge on any atom is 0.234 e. The second-order valence-electron chi connectivity index (χ2n) is 7.40. The van der Waals surface area contributed by atoms with E-state index < -0.39 is 5.82 Å². The van der Waals surface area contributed by atoms with Crippen molar-refractivity contribution in [3.8, 4) is 17.1 Å². The van der Waals surface area contributed by atoms with Crippen molar-refractivity contribution in [2.75, 3.05) is 11.1 Å². The van der Waals surface area contributed by atoms with E-state index in [1.807, 2.05) is 31.2 Å². The number of amides is 1. The lowest BCUT2D eigenvalue weighted by molar-refractivity contribution is -0.113. The summed E-state index contributed by atoms with van der Waals surface area (Å²) in [5.41, 5.74) is 3.06. The van der Waals surface area contributed by atoms with Gasteiger partial charge in [0.25, 0.3) is 0 Å². The Morgan fingerprint density at radius 2 is 1.67 bits per heavy atom. The highest BCUT2D eigenvalue weighted by atomic mass is 32.2.